The van der Waals surface area contributed by atoms with Gasteiger partial charge in [0.15, 0.2) is 11.0 Å². The molecule has 0 amide bonds. The molecular formula is C17H16Cl2N4OS. The first-order valence-corrected chi connectivity index (χ1v) is 9.33. The van der Waals surface area contributed by atoms with Gasteiger partial charge in [-0.15, -0.1) is 10.2 Å². The van der Waals surface area contributed by atoms with Crippen LogP contribution in [0.4, 0.5) is 0 Å². The first-order chi connectivity index (χ1) is 12.2. The Morgan fingerprint density at radius 1 is 1.08 bits per heavy atom. The van der Waals surface area contributed by atoms with Gasteiger partial charge < -0.3 is 4.74 Å². The van der Waals surface area contributed by atoms with Gasteiger partial charge in [-0.1, -0.05) is 41.0 Å². The van der Waals surface area contributed by atoms with E-state index in [1.807, 2.05) is 34.9 Å². The third kappa shape index (κ3) is 4.33. The van der Waals surface area contributed by atoms with Gasteiger partial charge in [-0.3, -0.25) is 9.55 Å². The highest BCUT2D eigenvalue weighted by Crippen LogP contribution is 2.32. The standard InChI is InChI=1S/C17H16Cl2N4OS/c1-24-10-9-23-16(12-5-7-20-8-6-12)21-22-17(23)25-11-13-14(18)3-2-4-15(13)19/h2-8H,9-11H2,1H3. The van der Waals surface area contributed by atoms with Crippen LogP contribution in [0, 0.1) is 0 Å². The fraction of sp³-hybridized carbons (Fsp3) is 0.235. The van der Waals surface area contributed by atoms with E-state index in [1.54, 1.807) is 31.3 Å². The van der Waals surface area contributed by atoms with Crippen molar-refractivity contribution in [3.05, 3.63) is 58.3 Å². The predicted octanol–water partition coefficient (Wildman–Crippen LogP) is 4.59. The highest BCUT2D eigenvalue weighted by molar-refractivity contribution is 7.98. The van der Waals surface area contributed by atoms with Gasteiger partial charge in [0.05, 0.1) is 13.2 Å². The minimum atomic E-state index is 0.566. The molecule has 2 aromatic heterocycles. The summed E-state index contributed by atoms with van der Waals surface area (Å²) in [5, 5.41) is 10.8. The lowest BCUT2D eigenvalue weighted by molar-refractivity contribution is 0.185. The summed E-state index contributed by atoms with van der Waals surface area (Å²) in [6.45, 7) is 1.22. The lowest BCUT2D eigenvalue weighted by atomic mass is 10.2. The zero-order valence-corrected chi connectivity index (χ0v) is 15.9. The maximum atomic E-state index is 6.25. The molecule has 5 nitrogen and oxygen atoms in total. The van der Waals surface area contributed by atoms with Crippen molar-refractivity contribution in [1.82, 2.24) is 19.7 Å². The molecule has 0 aliphatic carbocycles. The number of thioether (sulfide) groups is 1. The number of halogens is 2. The first-order valence-electron chi connectivity index (χ1n) is 7.59. The van der Waals surface area contributed by atoms with Crippen molar-refractivity contribution in [1.29, 1.82) is 0 Å². The summed E-state index contributed by atoms with van der Waals surface area (Å²) < 4.78 is 7.26. The molecule has 0 bridgehead atoms. The Morgan fingerprint density at radius 2 is 1.80 bits per heavy atom. The Balaban J connectivity index is 1.87. The molecule has 0 N–H and O–H groups in total. The number of aromatic nitrogens is 4. The molecular weight excluding hydrogens is 379 g/mol. The summed E-state index contributed by atoms with van der Waals surface area (Å²) in [6.07, 6.45) is 3.47. The highest BCUT2D eigenvalue weighted by Gasteiger charge is 2.15. The van der Waals surface area contributed by atoms with E-state index in [0.717, 1.165) is 22.1 Å². The summed E-state index contributed by atoms with van der Waals surface area (Å²) in [7, 11) is 1.67. The summed E-state index contributed by atoms with van der Waals surface area (Å²) in [6, 6.07) is 9.32. The number of nitrogens with zero attached hydrogens (tertiary/aromatic N) is 4. The Bertz CT molecular complexity index is 822. The monoisotopic (exact) mass is 394 g/mol. The molecule has 3 rings (SSSR count). The molecule has 0 aliphatic rings. The molecule has 0 saturated heterocycles. The molecule has 0 radical (unpaired) electrons. The smallest absolute Gasteiger partial charge is 0.191 e. The van der Waals surface area contributed by atoms with E-state index in [9.17, 15) is 0 Å². The SMILES string of the molecule is COCCn1c(SCc2c(Cl)cccc2Cl)nnc1-c1ccncc1. The van der Waals surface area contributed by atoms with Gasteiger partial charge in [-0.2, -0.15) is 0 Å². The van der Waals surface area contributed by atoms with E-state index in [4.69, 9.17) is 27.9 Å². The van der Waals surface area contributed by atoms with Crippen LogP contribution in [0.3, 0.4) is 0 Å². The lowest BCUT2D eigenvalue weighted by Crippen LogP contribution is -2.07. The molecule has 0 unspecified atom stereocenters. The second kappa shape index (κ2) is 8.67. The van der Waals surface area contributed by atoms with E-state index in [0.29, 0.717) is 28.9 Å². The van der Waals surface area contributed by atoms with Crippen LogP contribution in [-0.2, 0) is 17.0 Å². The highest BCUT2D eigenvalue weighted by atomic mass is 35.5. The van der Waals surface area contributed by atoms with Crippen LogP contribution in [0.1, 0.15) is 5.56 Å². The van der Waals surface area contributed by atoms with Gasteiger partial charge >= 0.3 is 0 Å². The number of methoxy groups -OCH3 is 1. The molecule has 0 aliphatic heterocycles. The third-order valence-corrected chi connectivity index (χ3v) is 5.28. The fourth-order valence-electron chi connectivity index (χ4n) is 2.30. The van der Waals surface area contributed by atoms with Crippen LogP contribution in [-0.4, -0.2) is 33.5 Å². The van der Waals surface area contributed by atoms with Crippen molar-refractivity contribution in [2.45, 2.75) is 17.5 Å². The van der Waals surface area contributed by atoms with Gasteiger partial charge in [0.1, 0.15) is 0 Å². The fourth-order valence-corrected chi connectivity index (χ4v) is 4.01. The molecule has 130 valence electrons. The summed E-state index contributed by atoms with van der Waals surface area (Å²) in [5.74, 6) is 1.40. The Morgan fingerprint density at radius 3 is 2.48 bits per heavy atom. The number of hydrogen-bond acceptors (Lipinski definition) is 5. The quantitative estimate of drug-likeness (QED) is 0.548. The molecule has 2 heterocycles. The Hall–Kier alpha value is -1.60. The number of ether oxygens (including phenoxy) is 1. The van der Waals surface area contributed by atoms with Gasteiger partial charge in [-0.25, -0.2) is 0 Å². The zero-order chi connectivity index (χ0) is 17.6. The maximum absolute atomic E-state index is 6.25. The zero-order valence-electron chi connectivity index (χ0n) is 13.5. The Labute approximate surface area is 160 Å². The molecule has 25 heavy (non-hydrogen) atoms. The van der Waals surface area contributed by atoms with Gasteiger partial charge in [0.2, 0.25) is 0 Å². The second-order valence-electron chi connectivity index (χ2n) is 5.18. The summed E-state index contributed by atoms with van der Waals surface area (Å²) in [4.78, 5) is 4.05. The average molecular weight is 395 g/mol. The van der Waals surface area contributed by atoms with Crippen molar-refractivity contribution in [3.8, 4) is 11.4 Å². The van der Waals surface area contributed by atoms with E-state index in [-0.39, 0.29) is 0 Å². The number of hydrogen-bond donors (Lipinski definition) is 0. The molecule has 3 aromatic rings. The molecule has 0 atom stereocenters. The van der Waals surface area contributed by atoms with Gasteiger partial charge in [-0.05, 0) is 29.8 Å². The van der Waals surface area contributed by atoms with Crippen LogP contribution in [0.2, 0.25) is 10.0 Å². The summed E-state index contributed by atoms with van der Waals surface area (Å²) >= 11 is 14.0. The van der Waals surface area contributed by atoms with Gasteiger partial charge in [0.25, 0.3) is 0 Å². The number of pyridine rings is 1. The number of rotatable bonds is 7. The van der Waals surface area contributed by atoms with Crippen LogP contribution in [0.5, 0.6) is 0 Å². The average Bonchev–Trinajstić information content (AvgIpc) is 3.03. The van der Waals surface area contributed by atoms with Crippen molar-refractivity contribution in [2.75, 3.05) is 13.7 Å². The van der Waals surface area contributed by atoms with E-state index < -0.39 is 0 Å². The maximum Gasteiger partial charge on any atom is 0.191 e. The molecule has 1 aromatic carbocycles. The third-order valence-electron chi connectivity index (χ3n) is 3.58. The van der Waals surface area contributed by atoms with Crippen LogP contribution in [0.25, 0.3) is 11.4 Å². The minimum absolute atomic E-state index is 0.566. The predicted molar refractivity (Wildman–Crippen MR) is 101 cm³/mol. The van der Waals surface area contributed by atoms with Crippen LogP contribution in [0.15, 0.2) is 47.9 Å². The Kier molecular flexibility index (Phi) is 6.31. The second-order valence-corrected chi connectivity index (χ2v) is 6.93. The first kappa shape index (κ1) is 18.2. The van der Waals surface area contributed by atoms with E-state index >= 15 is 0 Å². The van der Waals surface area contributed by atoms with Crippen LogP contribution < -0.4 is 0 Å². The molecule has 0 saturated carbocycles. The van der Waals surface area contributed by atoms with E-state index in [2.05, 4.69) is 15.2 Å². The van der Waals surface area contributed by atoms with Crippen molar-refractivity contribution in [2.24, 2.45) is 0 Å². The van der Waals surface area contributed by atoms with Crippen molar-refractivity contribution < 1.29 is 4.74 Å². The number of benzene rings is 1. The molecule has 0 spiro atoms. The lowest BCUT2D eigenvalue weighted by Gasteiger charge is -2.10. The largest absolute Gasteiger partial charge is 0.383 e. The van der Waals surface area contributed by atoms with Crippen molar-refractivity contribution in [3.63, 3.8) is 0 Å². The molecule has 0 fully saturated rings. The van der Waals surface area contributed by atoms with Gasteiger partial charge in [0, 0.05) is 40.9 Å². The van der Waals surface area contributed by atoms with Crippen LogP contribution >= 0.6 is 35.0 Å². The summed E-state index contributed by atoms with van der Waals surface area (Å²) in [5.41, 5.74) is 1.85. The van der Waals surface area contributed by atoms with E-state index in [1.165, 1.54) is 0 Å². The normalized spacial score (nSPS) is 11.0. The minimum Gasteiger partial charge on any atom is -0.383 e. The topological polar surface area (TPSA) is 52.8 Å². The van der Waals surface area contributed by atoms with Crippen molar-refractivity contribution >= 4 is 35.0 Å². The molecule has 8 heteroatoms.